The van der Waals surface area contributed by atoms with Crippen molar-refractivity contribution in [2.75, 3.05) is 13.2 Å². The standard InChI is InChI=1S/C25H23F2NO5/c26-18-5-4-14(12-19(18)27)21-17-2-1-3-20(29)22(17)24(33-16-10-15(11-16)25(30)31)28-23(21)13-6-8-32-9-7-13/h1-5,12-13,15-16,29H,6-11H2,(H,30,31). The summed E-state index contributed by atoms with van der Waals surface area (Å²) < 4.78 is 39.5. The number of ether oxygens (including phenoxy) is 2. The highest BCUT2D eigenvalue weighted by atomic mass is 19.2. The fourth-order valence-electron chi connectivity index (χ4n) is 4.66. The number of hydrogen-bond acceptors (Lipinski definition) is 5. The van der Waals surface area contributed by atoms with Crippen molar-refractivity contribution in [3.05, 3.63) is 53.7 Å². The van der Waals surface area contributed by atoms with Gasteiger partial charge in [-0.25, -0.2) is 13.8 Å². The number of carboxylic acids is 1. The van der Waals surface area contributed by atoms with Crippen LogP contribution in [0.1, 0.15) is 37.3 Å². The Bertz CT molecular complexity index is 1220. The van der Waals surface area contributed by atoms with E-state index in [1.54, 1.807) is 12.1 Å². The molecule has 2 aromatic carbocycles. The van der Waals surface area contributed by atoms with Gasteiger partial charge in [-0.1, -0.05) is 18.2 Å². The van der Waals surface area contributed by atoms with Crippen molar-refractivity contribution in [3.63, 3.8) is 0 Å². The molecule has 1 aromatic heterocycles. The molecule has 2 aliphatic rings. The van der Waals surface area contributed by atoms with Crippen LogP contribution in [0.3, 0.4) is 0 Å². The van der Waals surface area contributed by atoms with E-state index in [4.69, 9.17) is 14.5 Å². The highest BCUT2D eigenvalue weighted by Gasteiger charge is 2.37. The number of nitrogens with zero attached hydrogens (tertiary/aromatic N) is 1. The number of aliphatic carboxylic acids is 1. The number of hydrogen-bond donors (Lipinski definition) is 2. The second-order valence-corrected chi connectivity index (χ2v) is 8.64. The van der Waals surface area contributed by atoms with Crippen molar-refractivity contribution >= 4 is 16.7 Å². The van der Waals surface area contributed by atoms with E-state index in [2.05, 4.69) is 0 Å². The number of pyridine rings is 1. The first-order valence-electron chi connectivity index (χ1n) is 11.0. The molecule has 5 rings (SSSR count). The highest BCUT2D eigenvalue weighted by Crippen LogP contribution is 2.45. The number of carbonyl (C=O) groups is 1. The van der Waals surface area contributed by atoms with Gasteiger partial charge in [-0.2, -0.15) is 0 Å². The molecule has 2 fully saturated rings. The smallest absolute Gasteiger partial charge is 0.306 e. The first-order chi connectivity index (χ1) is 15.9. The van der Waals surface area contributed by atoms with Gasteiger partial charge in [0, 0.05) is 30.1 Å². The van der Waals surface area contributed by atoms with Gasteiger partial charge in [-0.3, -0.25) is 4.79 Å². The second-order valence-electron chi connectivity index (χ2n) is 8.64. The minimum absolute atomic E-state index is 0.00382. The molecule has 0 bridgehead atoms. The average Bonchev–Trinajstić information content (AvgIpc) is 2.78. The quantitative estimate of drug-likeness (QED) is 0.562. The Balaban J connectivity index is 1.68. The van der Waals surface area contributed by atoms with E-state index in [0.29, 0.717) is 66.5 Å². The third-order valence-electron chi connectivity index (χ3n) is 6.54. The number of aromatic nitrogens is 1. The minimum Gasteiger partial charge on any atom is -0.507 e. The summed E-state index contributed by atoms with van der Waals surface area (Å²) in [6.07, 6.45) is 1.82. The normalized spacial score (nSPS) is 21.0. The maximum absolute atomic E-state index is 14.2. The second kappa shape index (κ2) is 8.59. The maximum atomic E-state index is 14.2. The van der Waals surface area contributed by atoms with Crippen LogP contribution in [0.2, 0.25) is 0 Å². The van der Waals surface area contributed by atoms with E-state index >= 15 is 0 Å². The van der Waals surface area contributed by atoms with E-state index in [0.717, 1.165) is 12.1 Å². The lowest BCUT2D eigenvalue weighted by Crippen LogP contribution is -2.38. The van der Waals surface area contributed by atoms with Crippen molar-refractivity contribution in [3.8, 4) is 22.8 Å². The molecule has 0 unspecified atom stereocenters. The molecule has 1 aliphatic heterocycles. The Morgan fingerprint density at radius 2 is 1.85 bits per heavy atom. The molecule has 0 spiro atoms. The molecule has 33 heavy (non-hydrogen) atoms. The molecule has 6 nitrogen and oxygen atoms in total. The highest BCUT2D eigenvalue weighted by molar-refractivity contribution is 6.03. The number of fused-ring (bicyclic) bond motifs is 1. The fraction of sp³-hybridized carbons (Fsp3) is 0.360. The Kier molecular flexibility index (Phi) is 5.62. The van der Waals surface area contributed by atoms with Crippen molar-refractivity contribution < 1.29 is 33.3 Å². The number of halogens is 2. The molecule has 1 saturated heterocycles. The third kappa shape index (κ3) is 3.99. The van der Waals surface area contributed by atoms with Crippen molar-refractivity contribution in [2.24, 2.45) is 5.92 Å². The Morgan fingerprint density at radius 3 is 2.55 bits per heavy atom. The van der Waals surface area contributed by atoms with E-state index in [1.165, 1.54) is 12.1 Å². The van der Waals surface area contributed by atoms with Crippen LogP contribution in [0.15, 0.2) is 36.4 Å². The van der Waals surface area contributed by atoms with Gasteiger partial charge in [0.25, 0.3) is 0 Å². The van der Waals surface area contributed by atoms with Crippen LogP contribution in [0.5, 0.6) is 11.6 Å². The molecule has 2 heterocycles. The molecule has 0 radical (unpaired) electrons. The first-order valence-corrected chi connectivity index (χ1v) is 11.0. The average molecular weight is 455 g/mol. The molecular weight excluding hydrogens is 432 g/mol. The van der Waals surface area contributed by atoms with Crippen molar-refractivity contribution in [1.29, 1.82) is 0 Å². The van der Waals surface area contributed by atoms with Gasteiger partial charge in [-0.15, -0.1) is 0 Å². The monoisotopic (exact) mass is 455 g/mol. The maximum Gasteiger partial charge on any atom is 0.306 e. The molecular formula is C25H23F2NO5. The van der Waals surface area contributed by atoms with Gasteiger partial charge in [0.1, 0.15) is 11.9 Å². The number of phenolic OH excluding ortho intramolecular Hbond substituents is 1. The zero-order valence-corrected chi connectivity index (χ0v) is 17.8. The topological polar surface area (TPSA) is 88.9 Å². The van der Waals surface area contributed by atoms with Crippen LogP contribution in [0.25, 0.3) is 21.9 Å². The van der Waals surface area contributed by atoms with Gasteiger partial charge < -0.3 is 19.7 Å². The zero-order valence-electron chi connectivity index (χ0n) is 17.8. The van der Waals surface area contributed by atoms with Crippen LogP contribution in [0.4, 0.5) is 8.78 Å². The first kappa shape index (κ1) is 21.6. The Hall–Kier alpha value is -3.26. The number of aromatic hydroxyl groups is 1. The predicted molar refractivity (Wildman–Crippen MR) is 116 cm³/mol. The Morgan fingerprint density at radius 1 is 1.09 bits per heavy atom. The summed E-state index contributed by atoms with van der Waals surface area (Å²) in [5.74, 6) is -3.03. The summed E-state index contributed by atoms with van der Waals surface area (Å²) in [6.45, 7) is 1.11. The van der Waals surface area contributed by atoms with Crippen molar-refractivity contribution in [1.82, 2.24) is 4.98 Å². The molecule has 2 N–H and O–H groups in total. The summed E-state index contributed by atoms with van der Waals surface area (Å²) in [6, 6.07) is 8.72. The van der Waals surface area contributed by atoms with Crippen LogP contribution >= 0.6 is 0 Å². The molecule has 3 aromatic rings. The van der Waals surface area contributed by atoms with Gasteiger partial charge in [0.05, 0.1) is 17.0 Å². The van der Waals surface area contributed by atoms with Crippen LogP contribution in [-0.2, 0) is 9.53 Å². The molecule has 0 atom stereocenters. The van der Waals surface area contributed by atoms with E-state index in [9.17, 15) is 23.8 Å². The summed E-state index contributed by atoms with van der Waals surface area (Å²) in [5, 5.41) is 20.9. The number of carboxylic acid groups (broad SMARTS) is 1. The lowest BCUT2D eigenvalue weighted by molar-refractivity contribution is -0.148. The number of rotatable bonds is 5. The lowest BCUT2D eigenvalue weighted by atomic mass is 9.82. The minimum atomic E-state index is -0.965. The van der Waals surface area contributed by atoms with Crippen LogP contribution in [0, 0.1) is 17.6 Å². The van der Waals surface area contributed by atoms with E-state index < -0.39 is 23.5 Å². The number of benzene rings is 2. The van der Waals surface area contributed by atoms with Gasteiger partial charge >= 0.3 is 5.97 Å². The van der Waals surface area contributed by atoms with E-state index in [-0.39, 0.29) is 23.7 Å². The third-order valence-corrected chi connectivity index (χ3v) is 6.54. The van der Waals surface area contributed by atoms with Gasteiger partial charge in [-0.05, 0) is 49.4 Å². The van der Waals surface area contributed by atoms with Gasteiger partial charge in [0.2, 0.25) is 5.88 Å². The SMILES string of the molecule is O=C(O)C1CC(Oc2nc(C3CCOCC3)c(-c3ccc(F)c(F)c3)c3cccc(O)c23)C1. The van der Waals surface area contributed by atoms with E-state index in [1.807, 2.05) is 0 Å². The predicted octanol–water partition coefficient (Wildman–Crippen LogP) is 5.02. The molecule has 172 valence electrons. The zero-order chi connectivity index (χ0) is 23.1. The summed E-state index contributed by atoms with van der Waals surface area (Å²) in [4.78, 5) is 16.0. The molecule has 8 heteroatoms. The Labute approximate surface area is 188 Å². The summed E-state index contributed by atoms with van der Waals surface area (Å²) in [5.41, 5.74) is 1.75. The summed E-state index contributed by atoms with van der Waals surface area (Å²) in [7, 11) is 0. The largest absolute Gasteiger partial charge is 0.507 e. The molecule has 1 aliphatic carbocycles. The molecule has 0 amide bonds. The van der Waals surface area contributed by atoms with Crippen molar-refractivity contribution in [2.45, 2.75) is 37.7 Å². The summed E-state index contributed by atoms with van der Waals surface area (Å²) >= 11 is 0. The molecule has 1 saturated carbocycles. The van der Waals surface area contributed by atoms with Gasteiger partial charge in [0.15, 0.2) is 11.6 Å². The number of phenols is 1. The fourth-order valence-corrected chi connectivity index (χ4v) is 4.66. The van der Waals surface area contributed by atoms with Crippen LogP contribution < -0.4 is 4.74 Å². The lowest BCUT2D eigenvalue weighted by Gasteiger charge is -2.33. The van der Waals surface area contributed by atoms with Crippen LogP contribution in [-0.4, -0.2) is 40.5 Å².